The van der Waals surface area contributed by atoms with Crippen LogP contribution in [0.4, 0.5) is 5.69 Å². The molecule has 0 aliphatic rings. The maximum atomic E-state index is 14.2. The van der Waals surface area contributed by atoms with E-state index in [-0.39, 0.29) is 17.3 Å². The molecule has 7 nitrogen and oxygen atoms in total. The van der Waals surface area contributed by atoms with Crippen LogP contribution in [0.15, 0.2) is 71.6 Å². The van der Waals surface area contributed by atoms with Crippen molar-refractivity contribution in [1.29, 1.82) is 0 Å². The van der Waals surface area contributed by atoms with Crippen molar-refractivity contribution in [3.63, 3.8) is 0 Å². The van der Waals surface area contributed by atoms with Gasteiger partial charge >= 0.3 is 0 Å². The van der Waals surface area contributed by atoms with Gasteiger partial charge in [-0.1, -0.05) is 73.5 Å². The third-order valence-corrected chi connectivity index (χ3v) is 9.12. The zero-order valence-electron chi connectivity index (χ0n) is 23.8. The van der Waals surface area contributed by atoms with Crippen molar-refractivity contribution in [3.8, 4) is 0 Å². The van der Waals surface area contributed by atoms with Crippen molar-refractivity contribution >= 4 is 39.1 Å². The summed E-state index contributed by atoms with van der Waals surface area (Å²) in [6.45, 7) is 9.48. The quantitative estimate of drug-likeness (QED) is 0.292. The van der Waals surface area contributed by atoms with E-state index in [0.29, 0.717) is 29.2 Å². The van der Waals surface area contributed by atoms with Crippen LogP contribution in [0.1, 0.15) is 48.9 Å². The van der Waals surface area contributed by atoms with E-state index < -0.39 is 28.5 Å². The lowest BCUT2D eigenvalue weighted by Crippen LogP contribution is -2.52. The molecule has 0 radical (unpaired) electrons. The summed E-state index contributed by atoms with van der Waals surface area (Å²) in [6, 6.07) is 18.3. The number of nitrogens with one attached hydrogen (secondary N) is 1. The Balaban J connectivity index is 2.11. The Morgan fingerprint density at radius 2 is 1.60 bits per heavy atom. The molecule has 0 saturated heterocycles. The van der Waals surface area contributed by atoms with Crippen LogP contribution in [0.25, 0.3) is 0 Å². The van der Waals surface area contributed by atoms with Crippen LogP contribution in [0, 0.1) is 20.8 Å². The highest BCUT2D eigenvalue weighted by Crippen LogP contribution is 2.31. The minimum atomic E-state index is -4.16. The highest BCUT2D eigenvalue weighted by Gasteiger charge is 2.34. The molecule has 1 N–H and O–H groups in total. The smallest absolute Gasteiger partial charge is 0.264 e. The number of rotatable bonds is 12. The van der Waals surface area contributed by atoms with Gasteiger partial charge in [0.25, 0.3) is 10.0 Å². The molecule has 3 rings (SSSR count). The first-order chi connectivity index (χ1) is 19.0. The highest BCUT2D eigenvalue weighted by atomic mass is 35.5. The average molecular weight is 584 g/mol. The summed E-state index contributed by atoms with van der Waals surface area (Å²) in [5.41, 5.74) is 3.60. The van der Waals surface area contributed by atoms with Crippen molar-refractivity contribution in [1.82, 2.24) is 10.2 Å². The van der Waals surface area contributed by atoms with E-state index in [1.165, 1.54) is 17.0 Å². The number of benzene rings is 3. The molecule has 1 atom stereocenters. The zero-order chi connectivity index (χ0) is 29.4. The van der Waals surface area contributed by atoms with Crippen LogP contribution >= 0.6 is 11.6 Å². The monoisotopic (exact) mass is 583 g/mol. The fourth-order valence-electron chi connectivity index (χ4n) is 4.47. The van der Waals surface area contributed by atoms with Crippen molar-refractivity contribution < 1.29 is 18.0 Å². The summed E-state index contributed by atoms with van der Waals surface area (Å²) in [5.74, 6) is -0.755. The number of halogens is 1. The molecule has 0 heterocycles. The Morgan fingerprint density at radius 3 is 2.23 bits per heavy atom. The fourth-order valence-corrected chi connectivity index (χ4v) is 6.11. The zero-order valence-corrected chi connectivity index (χ0v) is 25.3. The lowest BCUT2D eigenvalue weighted by molar-refractivity contribution is -0.140. The van der Waals surface area contributed by atoms with Gasteiger partial charge in [0.1, 0.15) is 12.6 Å². The number of amides is 2. The minimum absolute atomic E-state index is 0.0588. The molecular formula is C31H38ClN3O4S. The van der Waals surface area contributed by atoms with Crippen molar-refractivity contribution in [2.45, 2.75) is 64.9 Å². The second-order valence-electron chi connectivity index (χ2n) is 9.87. The van der Waals surface area contributed by atoms with E-state index in [9.17, 15) is 18.0 Å². The van der Waals surface area contributed by atoms with Gasteiger partial charge in [-0.15, -0.1) is 0 Å². The van der Waals surface area contributed by atoms with Gasteiger partial charge in [0.05, 0.1) is 10.6 Å². The molecule has 2 amide bonds. The van der Waals surface area contributed by atoms with Crippen LogP contribution < -0.4 is 9.62 Å². The van der Waals surface area contributed by atoms with Crippen molar-refractivity contribution in [2.75, 3.05) is 17.4 Å². The van der Waals surface area contributed by atoms with Gasteiger partial charge < -0.3 is 10.2 Å². The minimum Gasteiger partial charge on any atom is -0.354 e. The Morgan fingerprint density at radius 1 is 0.925 bits per heavy atom. The molecule has 0 saturated carbocycles. The van der Waals surface area contributed by atoms with E-state index in [1.54, 1.807) is 37.3 Å². The topological polar surface area (TPSA) is 86.8 Å². The molecule has 0 aliphatic carbocycles. The van der Waals surface area contributed by atoms with E-state index in [4.69, 9.17) is 11.6 Å². The van der Waals surface area contributed by atoms with Crippen LogP contribution in [0.3, 0.4) is 0 Å². The third-order valence-electron chi connectivity index (χ3n) is 6.93. The van der Waals surface area contributed by atoms with Gasteiger partial charge in [-0.3, -0.25) is 13.9 Å². The normalized spacial score (nSPS) is 12.1. The molecular weight excluding hydrogens is 546 g/mol. The number of hydrogen-bond acceptors (Lipinski definition) is 4. The Labute approximate surface area is 243 Å². The molecule has 0 aromatic heterocycles. The van der Waals surface area contributed by atoms with Gasteiger partial charge in [0, 0.05) is 18.1 Å². The molecule has 0 aliphatic heterocycles. The van der Waals surface area contributed by atoms with Crippen LogP contribution in [0.5, 0.6) is 0 Å². The second kappa shape index (κ2) is 13.8. The molecule has 40 heavy (non-hydrogen) atoms. The van der Waals surface area contributed by atoms with Crippen LogP contribution in [0.2, 0.25) is 5.02 Å². The number of sulfonamides is 1. The first-order valence-corrected chi connectivity index (χ1v) is 15.3. The van der Waals surface area contributed by atoms with E-state index in [2.05, 4.69) is 5.32 Å². The Hall–Kier alpha value is -3.36. The molecule has 3 aromatic carbocycles. The largest absolute Gasteiger partial charge is 0.354 e. The summed E-state index contributed by atoms with van der Waals surface area (Å²) in [5, 5.41) is 3.29. The SMILES string of the molecule is CCCNC(=O)[C@H](CC)N(Cc1ccccc1C)C(=O)CN(c1cccc(Cl)c1C)S(=O)(=O)c1ccc(C)cc1. The third kappa shape index (κ3) is 7.23. The summed E-state index contributed by atoms with van der Waals surface area (Å²) < 4.78 is 29.2. The lowest BCUT2D eigenvalue weighted by Gasteiger charge is -2.34. The summed E-state index contributed by atoms with van der Waals surface area (Å²) in [4.78, 5) is 28.9. The molecule has 3 aromatic rings. The van der Waals surface area contributed by atoms with E-state index in [0.717, 1.165) is 27.4 Å². The number of carbonyl (C=O) groups is 2. The van der Waals surface area contributed by atoms with Gasteiger partial charge in [-0.2, -0.15) is 0 Å². The van der Waals surface area contributed by atoms with Gasteiger partial charge in [0.15, 0.2) is 0 Å². The Bertz CT molecular complexity index is 1440. The number of aryl methyl sites for hydroxylation is 2. The van der Waals surface area contributed by atoms with Crippen LogP contribution in [-0.2, 0) is 26.2 Å². The highest BCUT2D eigenvalue weighted by molar-refractivity contribution is 7.92. The maximum absolute atomic E-state index is 14.2. The molecule has 214 valence electrons. The number of carbonyl (C=O) groups excluding carboxylic acids is 2. The number of hydrogen-bond donors (Lipinski definition) is 1. The second-order valence-corrected chi connectivity index (χ2v) is 12.1. The number of anilines is 1. The van der Waals surface area contributed by atoms with E-state index >= 15 is 0 Å². The lowest BCUT2D eigenvalue weighted by atomic mass is 10.1. The standard InChI is InChI=1S/C31H38ClN3O4S/c1-6-19-33-31(37)28(7-2)34(20-25-12-9-8-11-23(25)4)30(36)21-35(29-14-10-13-27(32)24(29)5)40(38,39)26-17-15-22(3)16-18-26/h8-18,28H,6-7,19-21H2,1-5H3,(H,33,37)/t28-/m0/s1. The molecule has 9 heteroatoms. The predicted molar refractivity (Wildman–Crippen MR) is 161 cm³/mol. The molecule has 0 spiro atoms. The maximum Gasteiger partial charge on any atom is 0.264 e. The first kappa shape index (κ1) is 31.2. The van der Waals surface area contributed by atoms with Gasteiger partial charge in [-0.25, -0.2) is 8.42 Å². The summed E-state index contributed by atoms with van der Waals surface area (Å²) >= 11 is 6.39. The van der Waals surface area contributed by atoms with Gasteiger partial charge in [-0.05, 0) is 74.6 Å². The van der Waals surface area contributed by atoms with E-state index in [1.807, 2.05) is 52.0 Å². The molecule has 0 unspecified atom stereocenters. The molecule has 0 bridgehead atoms. The van der Waals surface area contributed by atoms with Crippen molar-refractivity contribution in [2.24, 2.45) is 0 Å². The summed E-state index contributed by atoms with van der Waals surface area (Å²) in [6.07, 6.45) is 1.12. The first-order valence-electron chi connectivity index (χ1n) is 13.5. The van der Waals surface area contributed by atoms with Gasteiger partial charge in [0.2, 0.25) is 11.8 Å². The van der Waals surface area contributed by atoms with Crippen LogP contribution in [-0.4, -0.2) is 44.3 Å². The average Bonchev–Trinajstić information content (AvgIpc) is 2.93. The Kier molecular flexibility index (Phi) is 10.8. The van der Waals surface area contributed by atoms with Crippen molar-refractivity contribution in [3.05, 3.63) is 94.0 Å². The summed E-state index contributed by atoms with van der Waals surface area (Å²) in [7, 11) is -4.16. The predicted octanol–water partition coefficient (Wildman–Crippen LogP) is 5.79. The fraction of sp³-hybridized carbons (Fsp3) is 0.355. The molecule has 0 fully saturated rings. The number of nitrogens with zero attached hydrogens (tertiary/aromatic N) is 2.